The summed E-state index contributed by atoms with van der Waals surface area (Å²) in [4.78, 5) is 29.9. The van der Waals surface area contributed by atoms with Crippen LogP contribution in [0.15, 0.2) is 29.8 Å². The minimum Gasteiger partial charge on any atom is -0.493 e. The normalized spacial score (nSPS) is 16.6. The van der Waals surface area contributed by atoms with Crippen LogP contribution in [0.25, 0.3) is 0 Å². The van der Waals surface area contributed by atoms with Crippen molar-refractivity contribution in [3.8, 4) is 11.5 Å². The van der Waals surface area contributed by atoms with E-state index in [1.807, 2.05) is 0 Å². The summed E-state index contributed by atoms with van der Waals surface area (Å²) in [5.41, 5.74) is 0.701. The van der Waals surface area contributed by atoms with Gasteiger partial charge >= 0.3 is 6.03 Å². The molecule has 1 fully saturated rings. The van der Waals surface area contributed by atoms with Crippen molar-refractivity contribution in [3.05, 3.63) is 29.8 Å². The smallest absolute Gasteiger partial charge is 0.321 e. The monoisotopic (exact) mass is 362 g/mol. The number of benzene rings is 1. The van der Waals surface area contributed by atoms with E-state index in [4.69, 9.17) is 9.47 Å². The lowest BCUT2D eigenvalue weighted by atomic mass is 10.2. The Morgan fingerprint density at radius 1 is 1.32 bits per heavy atom. The molecular formula is C16H18N4O4S. The molecule has 0 aliphatic carbocycles. The number of aromatic nitrogens is 1. The lowest BCUT2D eigenvalue weighted by Gasteiger charge is -2.19. The van der Waals surface area contributed by atoms with Crippen LogP contribution in [-0.2, 0) is 4.79 Å². The van der Waals surface area contributed by atoms with Crippen molar-refractivity contribution >= 4 is 34.1 Å². The van der Waals surface area contributed by atoms with Gasteiger partial charge in [-0.05, 0) is 12.1 Å². The third kappa shape index (κ3) is 3.82. The van der Waals surface area contributed by atoms with Crippen molar-refractivity contribution in [2.75, 3.05) is 31.0 Å². The van der Waals surface area contributed by atoms with Crippen LogP contribution in [0.1, 0.15) is 6.42 Å². The van der Waals surface area contributed by atoms with Crippen molar-refractivity contribution in [2.24, 2.45) is 0 Å². The number of carbonyl (C=O) groups excluding carboxylic acids is 2. The zero-order valence-corrected chi connectivity index (χ0v) is 14.6. The molecule has 2 heterocycles. The maximum absolute atomic E-state index is 12.3. The van der Waals surface area contributed by atoms with Crippen LogP contribution < -0.4 is 25.0 Å². The third-order valence-corrected chi connectivity index (χ3v) is 4.48. The van der Waals surface area contributed by atoms with Gasteiger partial charge in [-0.2, -0.15) is 0 Å². The number of anilines is 2. The van der Waals surface area contributed by atoms with Crippen LogP contribution >= 0.6 is 11.3 Å². The molecule has 8 nitrogen and oxygen atoms in total. The molecule has 9 heteroatoms. The van der Waals surface area contributed by atoms with Gasteiger partial charge in [-0.25, -0.2) is 9.78 Å². The van der Waals surface area contributed by atoms with E-state index in [0.717, 1.165) is 0 Å². The van der Waals surface area contributed by atoms with Gasteiger partial charge in [-0.15, -0.1) is 11.3 Å². The van der Waals surface area contributed by atoms with E-state index < -0.39 is 0 Å². The van der Waals surface area contributed by atoms with Crippen molar-refractivity contribution in [2.45, 2.75) is 12.5 Å². The van der Waals surface area contributed by atoms with Gasteiger partial charge in [0.2, 0.25) is 5.91 Å². The molecule has 1 saturated heterocycles. The lowest BCUT2D eigenvalue weighted by Crippen LogP contribution is -2.39. The van der Waals surface area contributed by atoms with E-state index in [2.05, 4.69) is 15.6 Å². The summed E-state index contributed by atoms with van der Waals surface area (Å²) in [6, 6.07) is 4.63. The lowest BCUT2D eigenvalue weighted by molar-refractivity contribution is -0.117. The summed E-state index contributed by atoms with van der Waals surface area (Å²) in [7, 11) is 3.10. The maximum atomic E-state index is 12.3. The predicted molar refractivity (Wildman–Crippen MR) is 94.6 cm³/mol. The van der Waals surface area contributed by atoms with Gasteiger partial charge < -0.3 is 19.7 Å². The van der Waals surface area contributed by atoms with Crippen LogP contribution in [0.4, 0.5) is 15.6 Å². The van der Waals surface area contributed by atoms with Crippen LogP contribution in [0.3, 0.4) is 0 Å². The van der Waals surface area contributed by atoms with Gasteiger partial charge in [0.05, 0.1) is 20.3 Å². The number of rotatable bonds is 5. The molecule has 0 saturated carbocycles. The summed E-state index contributed by atoms with van der Waals surface area (Å²) in [6.45, 7) is 0.388. The third-order valence-electron chi connectivity index (χ3n) is 3.79. The Balaban J connectivity index is 1.65. The molecule has 1 atom stereocenters. The van der Waals surface area contributed by atoms with Crippen molar-refractivity contribution in [1.82, 2.24) is 10.3 Å². The zero-order valence-electron chi connectivity index (χ0n) is 13.8. The van der Waals surface area contributed by atoms with Crippen molar-refractivity contribution in [3.63, 3.8) is 0 Å². The minimum absolute atomic E-state index is 0.0632. The quantitative estimate of drug-likeness (QED) is 0.850. The van der Waals surface area contributed by atoms with Crippen molar-refractivity contribution in [1.29, 1.82) is 0 Å². The van der Waals surface area contributed by atoms with E-state index in [0.29, 0.717) is 28.9 Å². The van der Waals surface area contributed by atoms with Gasteiger partial charge in [0.15, 0.2) is 16.6 Å². The number of ether oxygens (including phenoxy) is 2. The van der Waals surface area contributed by atoms with E-state index in [1.165, 1.54) is 11.3 Å². The highest BCUT2D eigenvalue weighted by atomic mass is 32.1. The fourth-order valence-electron chi connectivity index (χ4n) is 2.65. The summed E-state index contributed by atoms with van der Waals surface area (Å²) in [5, 5.41) is 7.72. The highest BCUT2D eigenvalue weighted by molar-refractivity contribution is 7.13. The van der Waals surface area contributed by atoms with Gasteiger partial charge in [-0.1, -0.05) is 0 Å². The van der Waals surface area contributed by atoms with Gasteiger partial charge in [0.1, 0.15) is 0 Å². The Morgan fingerprint density at radius 2 is 2.12 bits per heavy atom. The summed E-state index contributed by atoms with van der Waals surface area (Å²) in [6.07, 6.45) is 1.85. The average molecular weight is 362 g/mol. The van der Waals surface area contributed by atoms with Crippen LogP contribution in [0.2, 0.25) is 0 Å². The summed E-state index contributed by atoms with van der Waals surface area (Å²) in [5.74, 6) is 1.08. The molecule has 1 aromatic carbocycles. The number of carbonyl (C=O) groups is 2. The molecule has 132 valence electrons. The van der Waals surface area contributed by atoms with Crippen LogP contribution in [0, 0.1) is 0 Å². The maximum Gasteiger partial charge on any atom is 0.321 e. The topological polar surface area (TPSA) is 92.8 Å². The second-order valence-electron chi connectivity index (χ2n) is 5.38. The number of hydrogen-bond acceptors (Lipinski definition) is 6. The minimum atomic E-state index is -0.373. The van der Waals surface area contributed by atoms with Crippen LogP contribution in [0.5, 0.6) is 11.5 Å². The number of nitrogens with one attached hydrogen (secondary N) is 2. The standard InChI is InChI=1S/C16H18N4O4S/c1-23-12-4-3-11(8-13(12)24-2)20-9-10(7-14(20)21)18-15(22)19-16-17-5-6-25-16/h3-6,8,10H,7,9H2,1-2H3,(H2,17,18,19,22)/t10-/m0/s1. The first-order valence-electron chi connectivity index (χ1n) is 7.60. The summed E-state index contributed by atoms with van der Waals surface area (Å²) >= 11 is 1.33. The number of hydrogen-bond donors (Lipinski definition) is 2. The molecule has 3 amide bonds. The predicted octanol–water partition coefficient (Wildman–Crippen LogP) is 2.09. The number of amides is 3. The fourth-order valence-corrected chi connectivity index (χ4v) is 3.17. The van der Waals surface area contributed by atoms with Gasteiger partial charge in [-0.3, -0.25) is 10.1 Å². The van der Waals surface area contributed by atoms with E-state index >= 15 is 0 Å². The second kappa shape index (κ2) is 7.39. The largest absolute Gasteiger partial charge is 0.493 e. The molecule has 2 N–H and O–H groups in total. The molecule has 1 aliphatic heterocycles. The summed E-state index contributed by atoms with van der Waals surface area (Å²) < 4.78 is 10.5. The number of methoxy groups -OCH3 is 2. The first-order chi connectivity index (χ1) is 12.1. The Bertz CT molecular complexity index is 766. The van der Waals surface area contributed by atoms with E-state index in [1.54, 1.807) is 48.9 Å². The van der Waals surface area contributed by atoms with Crippen LogP contribution in [-0.4, -0.2) is 43.7 Å². The molecule has 0 unspecified atom stereocenters. The fraction of sp³-hybridized carbons (Fsp3) is 0.312. The number of thiazole rings is 1. The van der Waals surface area contributed by atoms with Gasteiger partial charge in [0, 0.05) is 36.3 Å². The van der Waals surface area contributed by atoms with E-state index in [9.17, 15) is 9.59 Å². The molecule has 0 bridgehead atoms. The molecule has 1 aromatic heterocycles. The van der Waals surface area contributed by atoms with Crippen molar-refractivity contribution < 1.29 is 19.1 Å². The molecule has 25 heavy (non-hydrogen) atoms. The van der Waals surface area contributed by atoms with E-state index in [-0.39, 0.29) is 24.4 Å². The Kier molecular flexibility index (Phi) is 5.03. The molecule has 1 aliphatic rings. The number of urea groups is 1. The Labute approximate surface area is 148 Å². The SMILES string of the molecule is COc1ccc(N2C[C@@H](NC(=O)Nc3nccs3)CC2=O)cc1OC. The number of nitrogens with zero attached hydrogens (tertiary/aromatic N) is 2. The molecule has 3 rings (SSSR count). The highest BCUT2D eigenvalue weighted by Gasteiger charge is 2.32. The Hall–Kier alpha value is -2.81. The highest BCUT2D eigenvalue weighted by Crippen LogP contribution is 2.33. The average Bonchev–Trinajstić information content (AvgIpc) is 3.23. The van der Waals surface area contributed by atoms with Gasteiger partial charge in [0.25, 0.3) is 0 Å². The Morgan fingerprint density at radius 3 is 2.80 bits per heavy atom. The molecule has 0 spiro atoms. The molecular weight excluding hydrogens is 344 g/mol. The zero-order chi connectivity index (χ0) is 17.8. The first kappa shape index (κ1) is 17.0. The first-order valence-corrected chi connectivity index (χ1v) is 8.48. The molecule has 2 aromatic rings. The second-order valence-corrected chi connectivity index (χ2v) is 6.27. The molecule has 0 radical (unpaired) electrons.